The van der Waals surface area contributed by atoms with Crippen molar-refractivity contribution in [2.24, 2.45) is 5.92 Å². The van der Waals surface area contributed by atoms with E-state index in [1.165, 1.54) is 11.1 Å². The lowest BCUT2D eigenvalue weighted by atomic mass is 9.93. The third kappa shape index (κ3) is 6.88. The Morgan fingerprint density at radius 2 is 1.79 bits per heavy atom. The van der Waals surface area contributed by atoms with Crippen LogP contribution in [0.4, 0.5) is 26.3 Å². The van der Waals surface area contributed by atoms with Gasteiger partial charge in [-0.2, -0.15) is 13.2 Å². The lowest BCUT2D eigenvalue weighted by Crippen LogP contribution is -2.60. The van der Waals surface area contributed by atoms with Crippen molar-refractivity contribution in [1.82, 2.24) is 10.0 Å². The summed E-state index contributed by atoms with van der Waals surface area (Å²) >= 11 is 5.88. The molecule has 214 valence electrons. The Bertz CT molecular complexity index is 1020. The Labute approximate surface area is 223 Å². The van der Waals surface area contributed by atoms with Gasteiger partial charge in [0.05, 0.1) is 16.9 Å². The number of alkyl halides is 6. The van der Waals surface area contributed by atoms with Crippen molar-refractivity contribution in [3.63, 3.8) is 0 Å². The molecule has 3 fully saturated rings. The lowest BCUT2D eigenvalue weighted by Gasteiger charge is -2.47. The molecule has 2 aliphatic heterocycles. The highest BCUT2D eigenvalue weighted by atomic mass is 35.5. The maximum Gasteiger partial charge on any atom is 0.393 e. The standard InChI is InChI=1S/C26H33ClF6N2O3/c1-24(2,3)38-23(36)18-11-17(15-4-5-15)21(12-20(18)28)37-14-25(30)6-8-34(9-7-25)35-13-16(26(31,32)33)10-19(27)22(35)29/h11-12,15-16,19,22H,4-10,13-14H2,1-3H3. The van der Waals surface area contributed by atoms with Gasteiger partial charge in [-0.25, -0.2) is 28.0 Å². The van der Waals surface area contributed by atoms with E-state index in [0.29, 0.717) is 5.56 Å². The third-order valence-corrected chi connectivity index (χ3v) is 7.57. The van der Waals surface area contributed by atoms with E-state index in [1.807, 2.05) is 0 Å². The number of halogens is 7. The molecule has 0 amide bonds. The molecule has 3 aliphatic rings. The van der Waals surface area contributed by atoms with Crippen LogP contribution in [0, 0.1) is 11.7 Å². The zero-order valence-electron chi connectivity index (χ0n) is 21.6. The van der Waals surface area contributed by atoms with E-state index >= 15 is 4.39 Å². The first kappa shape index (κ1) is 29.3. The van der Waals surface area contributed by atoms with Gasteiger partial charge >= 0.3 is 12.1 Å². The molecule has 0 radical (unpaired) electrons. The molecule has 3 atom stereocenters. The second-order valence-electron chi connectivity index (χ2n) is 11.5. The second-order valence-corrected chi connectivity index (χ2v) is 12.1. The quantitative estimate of drug-likeness (QED) is 0.168. The van der Waals surface area contributed by atoms with E-state index in [0.717, 1.165) is 23.9 Å². The molecule has 1 aromatic rings. The molecule has 5 nitrogen and oxygen atoms in total. The molecule has 4 rings (SSSR count). The summed E-state index contributed by atoms with van der Waals surface area (Å²) in [5, 5.41) is 1.03. The number of hydrazine groups is 1. The average molecular weight is 571 g/mol. The first-order valence-corrected chi connectivity index (χ1v) is 13.2. The first-order chi connectivity index (χ1) is 17.6. The molecule has 1 saturated carbocycles. The minimum atomic E-state index is -4.51. The Kier molecular flexibility index (Phi) is 8.23. The minimum absolute atomic E-state index is 0.0180. The highest BCUT2D eigenvalue weighted by molar-refractivity contribution is 6.21. The molecule has 12 heteroatoms. The largest absolute Gasteiger partial charge is 0.490 e. The Morgan fingerprint density at radius 3 is 2.34 bits per heavy atom. The van der Waals surface area contributed by atoms with Gasteiger partial charge in [0.15, 0.2) is 6.30 Å². The van der Waals surface area contributed by atoms with Crippen LogP contribution in [0.3, 0.4) is 0 Å². The molecular weight excluding hydrogens is 538 g/mol. The Hall–Kier alpha value is -1.72. The predicted molar refractivity (Wildman–Crippen MR) is 129 cm³/mol. The summed E-state index contributed by atoms with van der Waals surface area (Å²) < 4.78 is 96.0. The molecule has 1 aromatic carbocycles. The molecule has 0 bridgehead atoms. The molecule has 0 spiro atoms. The van der Waals surface area contributed by atoms with Crippen molar-refractivity contribution in [2.45, 2.75) is 87.9 Å². The summed E-state index contributed by atoms with van der Waals surface area (Å²) in [6.45, 7) is 4.01. The number of nitrogens with zero attached hydrogens (tertiary/aromatic N) is 2. The van der Waals surface area contributed by atoms with E-state index in [4.69, 9.17) is 21.1 Å². The molecule has 3 unspecified atom stereocenters. The van der Waals surface area contributed by atoms with E-state index in [2.05, 4.69) is 0 Å². The minimum Gasteiger partial charge on any atom is -0.490 e. The number of hydrogen-bond acceptors (Lipinski definition) is 5. The van der Waals surface area contributed by atoms with Crippen LogP contribution in [0.1, 0.15) is 74.7 Å². The van der Waals surface area contributed by atoms with Gasteiger partial charge in [0.1, 0.15) is 29.4 Å². The van der Waals surface area contributed by atoms with Gasteiger partial charge in [-0.05, 0) is 70.4 Å². The van der Waals surface area contributed by atoms with Crippen LogP contribution in [-0.4, -0.2) is 71.3 Å². The van der Waals surface area contributed by atoms with Crippen LogP contribution in [0.2, 0.25) is 0 Å². The normalized spacial score (nSPS) is 27.3. The highest BCUT2D eigenvalue weighted by Gasteiger charge is 2.50. The summed E-state index contributed by atoms with van der Waals surface area (Å²) in [7, 11) is 0. The van der Waals surface area contributed by atoms with Crippen LogP contribution in [0.25, 0.3) is 0 Å². The number of benzene rings is 1. The molecule has 2 heterocycles. The zero-order valence-corrected chi connectivity index (χ0v) is 22.3. The topological polar surface area (TPSA) is 42.0 Å². The van der Waals surface area contributed by atoms with Gasteiger partial charge in [0.25, 0.3) is 0 Å². The maximum atomic E-state index is 15.6. The van der Waals surface area contributed by atoms with E-state index < -0.39 is 66.4 Å². The van der Waals surface area contributed by atoms with Crippen molar-refractivity contribution in [3.8, 4) is 5.75 Å². The fraction of sp³-hybridized carbons (Fsp3) is 0.731. The van der Waals surface area contributed by atoms with Gasteiger partial charge in [-0.15, -0.1) is 11.6 Å². The van der Waals surface area contributed by atoms with E-state index in [1.54, 1.807) is 20.8 Å². The van der Waals surface area contributed by atoms with Gasteiger partial charge < -0.3 is 9.47 Å². The SMILES string of the molecule is CC(C)(C)OC(=O)c1cc(C2CC2)c(OCC2(F)CCN(N3CC(C(F)(F)F)CC(Cl)C3F)CC2)cc1F. The summed E-state index contributed by atoms with van der Waals surface area (Å²) in [5.74, 6) is -3.19. The van der Waals surface area contributed by atoms with Gasteiger partial charge in [-0.1, -0.05) is 0 Å². The fourth-order valence-corrected chi connectivity index (χ4v) is 5.23. The molecule has 0 N–H and O–H groups in total. The molecule has 1 aliphatic carbocycles. The number of hydrogen-bond donors (Lipinski definition) is 0. The number of rotatable bonds is 6. The summed E-state index contributed by atoms with van der Waals surface area (Å²) in [5.41, 5.74) is -2.26. The van der Waals surface area contributed by atoms with Crippen LogP contribution < -0.4 is 4.74 Å². The van der Waals surface area contributed by atoms with Gasteiger partial charge in [0, 0.05) is 25.7 Å². The Balaban J connectivity index is 1.40. The highest BCUT2D eigenvalue weighted by Crippen LogP contribution is 2.46. The number of carbonyl (C=O) groups is 1. The van der Waals surface area contributed by atoms with Crippen LogP contribution in [0.5, 0.6) is 5.75 Å². The van der Waals surface area contributed by atoms with Crippen molar-refractivity contribution in [1.29, 1.82) is 0 Å². The smallest absolute Gasteiger partial charge is 0.393 e. The van der Waals surface area contributed by atoms with Gasteiger partial charge in [-0.3, -0.25) is 0 Å². The third-order valence-electron chi connectivity index (χ3n) is 7.18. The molecule has 0 aromatic heterocycles. The molecule has 2 saturated heterocycles. The predicted octanol–water partition coefficient (Wildman–Crippen LogP) is 6.54. The Morgan fingerprint density at radius 1 is 1.16 bits per heavy atom. The zero-order chi connectivity index (χ0) is 28.0. The van der Waals surface area contributed by atoms with Crippen molar-refractivity contribution >= 4 is 17.6 Å². The van der Waals surface area contributed by atoms with Gasteiger partial charge in [0.2, 0.25) is 0 Å². The van der Waals surface area contributed by atoms with Crippen LogP contribution in [-0.2, 0) is 4.74 Å². The van der Waals surface area contributed by atoms with Crippen LogP contribution >= 0.6 is 11.6 Å². The van der Waals surface area contributed by atoms with Crippen molar-refractivity contribution in [2.75, 3.05) is 26.2 Å². The number of piperidine rings is 2. The second kappa shape index (κ2) is 10.7. The van der Waals surface area contributed by atoms with Crippen LogP contribution in [0.15, 0.2) is 12.1 Å². The number of esters is 1. The van der Waals surface area contributed by atoms with Crippen molar-refractivity contribution in [3.05, 3.63) is 29.1 Å². The summed E-state index contributed by atoms with van der Waals surface area (Å²) in [4.78, 5) is 12.5. The monoisotopic (exact) mass is 570 g/mol. The van der Waals surface area contributed by atoms with E-state index in [9.17, 15) is 26.7 Å². The van der Waals surface area contributed by atoms with E-state index in [-0.39, 0.29) is 43.2 Å². The number of carbonyl (C=O) groups excluding carboxylic acids is 1. The average Bonchev–Trinajstić information content (AvgIpc) is 3.63. The number of ether oxygens (including phenoxy) is 2. The first-order valence-electron chi connectivity index (χ1n) is 12.8. The van der Waals surface area contributed by atoms with Crippen molar-refractivity contribution < 1.29 is 40.6 Å². The molecular formula is C26H33ClF6N2O3. The summed E-state index contributed by atoms with van der Waals surface area (Å²) in [6, 6.07) is 2.48. The fourth-order valence-electron chi connectivity index (χ4n) is 4.88. The lowest BCUT2D eigenvalue weighted by molar-refractivity contribution is -0.227. The molecule has 38 heavy (non-hydrogen) atoms. The summed E-state index contributed by atoms with van der Waals surface area (Å²) in [6.07, 6.45) is -5.39. The maximum absolute atomic E-state index is 15.6.